The van der Waals surface area contributed by atoms with Gasteiger partial charge in [-0.15, -0.1) is 0 Å². The van der Waals surface area contributed by atoms with Crippen LogP contribution in [-0.4, -0.2) is 41.2 Å². The molecule has 6 heteroatoms. The first-order valence-corrected chi connectivity index (χ1v) is 11.5. The number of nitrogens with zero attached hydrogens (tertiary/aromatic N) is 2. The van der Waals surface area contributed by atoms with Crippen molar-refractivity contribution in [1.29, 1.82) is 0 Å². The van der Waals surface area contributed by atoms with Gasteiger partial charge >= 0.3 is 0 Å². The van der Waals surface area contributed by atoms with Crippen molar-refractivity contribution in [3.05, 3.63) is 87.7 Å². The monoisotopic (exact) mass is 450 g/mol. The number of pyridine rings is 1. The minimum atomic E-state index is -0.408. The molecular weight excluding hydrogens is 424 g/mol. The van der Waals surface area contributed by atoms with Crippen LogP contribution in [0.1, 0.15) is 53.0 Å². The number of fused-ring (bicyclic) bond motifs is 1. The predicted octanol–water partition coefficient (Wildman–Crippen LogP) is 5.43. The number of ether oxygens (including phenoxy) is 2. The minimum absolute atomic E-state index is 0.185. The third kappa shape index (κ3) is 4.20. The second-order valence-electron chi connectivity index (χ2n) is 8.48. The highest BCUT2D eigenvalue weighted by Gasteiger charge is 2.37. The van der Waals surface area contributed by atoms with Gasteiger partial charge in [-0.3, -0.25) is 9.88 Å². The summed E-state index contributed by atoms with van der Waals surface area (Å²) in [4.78, 5) is 6.82. The second-order valence-corrected chi connectivity index (χ2v) is 8.92. The van der Waals surface area contributed by atoms with Crippen LogP contribution in [0.2, 0.25) is 5.02 Å². The summed E-state index contributed by atoms with van der Waals surface area (Å²) in [6.45, 7) is 5.73. The van der Waals surface area contributed by atoms with Gasteiger partial charge in [0.25, 0.3) is 0 Å². The SMILES string of the molecule is Cc1ncc2c(c1O)C(c1cccc(OCCN3CCCC3)c1)OC2c1ccc(Cl)cc1. The zero-order chi connectivity index (χ0) is 22.1. The number of aromatic hydroxyl groups is 1. The van der Waals surface area contributed by atoms with E-state index in [1.807, 2.05) is 48.5 Å². The highest BCUT2D eigenvalue weighted by Crippen LogP contribution is 2.49. The first kappa shape index (κ1) is 21.3. The van der Waals surface area contributed by atoms with Crippen LogP contribution in [0, 0.1) is 6.92 Å². The van der Waals surface area contributed by atoms with Crippen molar-refractivity contribution in [2.24, 2.45) is 0 Å². The fraction of sp³-hybridized carbons (Fsp3) is 0.346. The molecule has 3 aromatic rings. The van der Waals surface area contributed by atoms with Gasteiger partial charge in [0.1, 0.15) is 30.3 Å². The maximum atomic E-state index is 10.9. The first-order valence-electron chi connectivity index (χ1n) is 11.1. The fourth-order valence-corrected chi connectivity index (χ4v) is 4.72. The molecule has 5 nitrogen and oxygen atoms in total. The van der Waals surface area contributed by atoms with Crippen molar-refractivity contribution in [2.75, 3.05) is 26.2 Å². The number of halogens is 1. The molecule has 2 atom stereocenters. The summed E-state index contributed by atoms with van der Waals surface area (Å²) in [6.07, 6.45) is 3.63. The predicted molar refractivity (Wildman–Crippen MR) is 124 cm³/mol. The topological polar surface area (TPSA) is 54.8 Å². The molecule has 0 spiro atoms. The quantitative estimate of drug-likeness (QED) is 0.542. The van der Waals surface area contributed by atoms with Crippen molar-refractivity contribution in [3.63, 3.8) is 0 Å². The molecule has 0 amide bonds. The van der Waals surface area contributed by atoms with Crippen LogP contribution in [0.4, 0.5) is 0 Å². The number of benzene rings is 2. The lowest BCUT2D eigenvalue weighted by atomic mass is 9.95. The Bertz CT molecular complexity index is 1100. The lowest BCUT2D eigenvalue weighted by Crippen LogP contribution is -2.25. The Hall–Kier alpha value is -2.60. The third-order valence-electron chi connectivity index (χ3n) is 6.33. The van der Waals surface area contributed by atoms with Gasteiger partial charge in [0.15, 0.2) is 0 Å². The number of aromatic nitrogens is 1. The van der Waals surface area contributed by atoms with E-state index < -0.39 is 6.10 Å². The van der Waals surface area contributed by atoms with Crippen molar-refractivity contribution >= 4 is 11.6 Å². The molecule has 0 radical (unpaired) electrons. The molecule has 0 saturated carbocycles. The highest BCUT2D eigenvalue weighted by atomic mass is 35.5. The summed E-state index contributed by atoms with van der Waals surface area (Å²) in [5.74, 6) is 0.997. The molecule has 1 saturated heterocycles. The molecule has 3 heterocycles. The molecule has 1 fully saturated rings. The molecule has 0 aliphatic carbocycles. The van der Waals surface area contributed by atoms with Gasteiger partial charge in [-0.2, -0.15) is 0 Å². The Morgan fingerprint density at radius 3 is 2.66 bits per heavy atom. The third-order valence-corrected chi connectivity index (χ3v) is 6.58. The molecule has 32 heavy (non-hydrogen) atoms. The molecule has 2 unspecified atom stereocenters. The average molecular weight is 451 g/mol. The van der Waals surface area contributed by atoms with E-state index in [1.165, 1.54) is 12.8 Å². The molecule has 5 rings (SSSR count). The maximum Gasteiger partial charge on any atom is 0.143 e. The average Bonchev–Trinajstić information content (AvgIpc) is 3.45. The second kappa shape index (κ2) is 9.10. The molecular formula is C26H27ClN2O3. The van der Waals surface area contributed by atoms with E-state index in [-0.39, 0.29) is 11.9 Å². The van der Waals surface area contributed by atoms with Gasteiger partial charge in [0.2, 0.25) is 0 Å². The van der Waals surface area contributed by atoms with Crippen LogP contribution < -0.4 is 4.74 Å². The van der Waals surface area contributed by atoms with E-state index in [0.717, 1.165) is 47.6 Å². The van der Waals surface area contributed by atoms with Crippen LogP contribution in [-0.2, 0) is 4.74 Å². The van der Waals surface area contributed by atoms with Gasteiger partial charge in [0, 0.05) is 28.9 Å². The van der Waals surface area contributed by atoms with Gasteiger partial charge in [-0.05, 0) is 68.2 Å². The first-order chi connectivity index (χ1) is 15.6. The summed E-state index contributed by atoms with van der Waals surface area (Å²) >= 11 is 6.08. The Kier molecular flexibility index (Phi) is 6.05. The van der Waals surface area contributed by atoms with E-state index in [9.17, 15) is 5.11 Å². The summed E-state index contributed by atoms with van der Waals surface area (Å²) < 4.78 is 12.6. The molecule has 2 aromatic carbocycles. The Morgan fingerprint density at radius 1 is 1.09 bits per heavy atom. The van der Waals surface area contributed by atoms with Gasteiger partial charge < -0.3 is 14.6 Å². The zero-order valence-electron chi connectivity index (χ0n) is 18.1. The number of likely N-dealkylation sites (tertiary alicyclic amines) is 1. The number of aryl methyl sites for hydroxylation is 1. The van der Waals surface area contributed by atoms with Crippen LogP contribution in [0.25, 0.3) is 0 Å². The molecule has 2 aliphatic heterocycles. The lowest BCUT2D eigenvalue weighted by molar-refractivity contribution is 0.0573. The number of hydrogen-bond donors (Lipinski definition) is 1. The Balaban J connectivity index is 1.42. The summed E-state index contributed by atoms with van der Waals surface area (Å²) in [5.41, 5.74) is 4.16. The van der Waals surface area contributed by atoms with Crippen molar-refractivity contribution in [1.82, 2.24) is 9.88 Å². The fourth-order valence-electron chi connectivity index (χ4n) is 4.60. The van der Waals surface area contributed by atoms with Crippen molar-refractivity contribution in [3.8, 4) is 11.5 Å². The largest absolute Gasteiger partial charge is 0.506 e. The van der Waals surface area contributed by atoms with E-state index in [4.69, 9.17) is 21.1 Å². The highest BCUT2D eigenvalue weighted by molar-refractivity contribution is 6.30. The van der Waals surface area contributed by atoms with E-state index in [0.29, 0.717) is 17.3 Å². The van der Waals surface area contributed by atoms with E-state index in [1.54, 1.807) is 13.1 Å². The van der Waals surface area contributed by atoms with Crippen LogP contribution >= 0.6 is 11.6 Å². The molecule has 166 valence electrons. The standard InChI is InChI=1S/C26H27ClN2O3/c1-17-24(30)23-22(16-28-17)25(18-7-9-20(27)10-8-18)32-26(23)19-5-4-6-21(15-19)31-14-13-29-11-2-3-12-29/h4-10,15-16,25-26,30H,2-3,11-14H2,1H3. The lowest BCUT2D eigenvalue weighted by Gasteiger charge is -2.18. The summed E-state index contributed by atoms with van der Waals surface area (Å²) in [5, 5.41) is 11.6. The maximum absolute atomic E-state index is 10.9. The van der Waals surface area contributed by atoms with Crippen LogP contribution in [0.15, 0.2) is 54.7 Å². The van der Waals surface area contributed by atoms with Crippen LogP contribution in [0.3, 0.4) is 0 Å². The minimum Gasteiger partial charge on any atom is -0.506 e. The number of rotatable bonds is 6. The van der Waals surface area contributed by atoms with Gasteiger partial charge in [-0.1, -0.05) is 35.9 Å². The normalized spacial score (nSPS) is 20.4. The number of hydrogen-bond acceptors (Lipinski definition) is 5. The zero-order valence-corrected chi connectivity index (χ0v) is 18.9. The van der Waals surface area contributed by atoms with Crippen LogP contribution in [0.5, 0.6) is 11.5 Å². The van der Waals surface area contributed by atoms with Crippen molar-refractivity contribution < 1.29 is 14.6 Å². The summed E-state index contributed by atoms with van der Waals surface area (Å²) in [6, 6.07) is 15.6. The van der Waals surface area contributed by atoms with E-state index in [2.05, 4.69) is 9.88 Å². The van der Waals surface area contributed by atoms with Crippen molar-refractivity contribution in [2.45, 2.75) is 32.0 Å². The molecule has 2 aliphatic rings. The van der Waals surface area contributed by atoms with E-state index >= 15 is 0 Å². The summed E-state index contributed by atoms with van der Waals surface area (Å²) in [7, 11) is 0. The molecule has 1 aromatic heterocycles. The Labute approximate surface area is 193 Å². The molecule has 1 N–H and O–H groups in total. The molecule has 0 bridgehead atoms. The van der Waals surface area contributed by atoms with Gasteiger partial charge in [0.05, 0.1) is 5.69 Å². The Morgan fingerprint density at radius 2 is 1.88 bits per heavy atom. The smallest absolute Gasteiger partial charge is 0.143 e. The van der Waals surface area contributed by atoms with Gasteiger partial charge in [-0.25, -0.2) is 0 Å².